The van der Waals surface area contributed by atoms with Gasteiger partial charge in [0.1, 0.15) is 5.84 Å². The topological polar surface area (TPSA) is 64.4 Å². The van der Waals surface area contributed by atoms with E-state index in [9.17, 15) is 8.78 Å². The number of amidine groups is 1. The Morgan fingerprint density at radius 3 is 2.32 bits per heavy atom. The summed E-state index contributed by atoms with van der Waals surface area (Å²) in [5.41, 5.74) is 8.04. The van der Waals surface area contributed by atoms with Crippen LogP contribution in [-0.2, 0) is 0 Å². The molecule has 0 spiro atoms. The summed E-state index contributed by atoms with van der Waals surface area (Å²) in [6.07, 6.45) is 2.06. The van der Waals surface area contributed by atoms with Crippen molar-refractivity contribution in [3.63, 3.8) is 0 Å². The van der Waals surface area contributed by atoms with Crippen LogP contribution in [0.15, 0.2) is 47.1 Å². The Kier molecular flexibility index (Phi) is 3.59. The molecule has 0 bridgehead atoms. The third-order valence-corrected chi connectivity index (χ3v) is 3.81. The zero-order valence-electron chi connectivity index (χ0n) is 10.3. The lowest BCUT2D eigenvalue weighted by atomic mass is 10.0. The Morgan fingerprint density at radius 2 is 1.84 bits per heavy atom. The number of aliphatic imine (C=N–C) groups is 1. The van der Waals surface area contributed by atoms with E-state index in [4.69, 9.17) is 11.5 Å². The van der Waals surface area contributed by atoms with Gasteiger partial charge < -0.3 is 11.5 Å². The van der Waals surface area contributed by atoms with Gasteiger partial charge in [0.25, 0.3) is 5.66 Å². The van der Waals surface area contributed by atoms with Gasteiger partial charge in [-0.2, -0.15) is 0 Å². The zero-order chi connectivity index (χ0) is 14.1. The number of nitrogens with two attached hydrogens (primary N) is 2. The number of halogens is 2. The van der Waals surface area contributed by atoms with E-state index in [1.807, 2.05) is 18.2 Å². The van der Waals surface area contributed by atoms with Crippen LogP contribution >= 0.6 is 9.24 Å². The second-order valence-electron chi connectivity index (χ2n) is 4.68. The summed E-state index contributed by atoms with van der Waals surface area (Å²) in [4.78, 5) is 4.11. The molecule has 1 aliphatic carbocycles. The Labute approximate surface area is 113 Å². The molecule has 0 saturated heterocycles. The van der Waals surface area contributed by atoms with E-state index < -0.39 is 11.1 Å². The highest BCUT2D eigenvalue weighted by Crippen LogP contribution is 2.62. The van der Waals surface area contributed by atoms with Crippen LogP contribution in [0.25, 0.3) is 0 Å². The molecule has 0 aromatic heterocycles. The third-order valence-electron chi connectivity index (χ3n) is 3.26. The van der Waals surface area contributed by atoms with Crippen molar-refractivity contribution in [2.45, 2.75) is 18.5 Å². The summed E-state index contributed by atoms with van der Waals surface area (Å²) < 4.78 is 26.9. The molecule has 4 N–H and O–H groups in total. The van der Waals surface area contributed by atoms with Crippen LogP contribution in [-0.4, -0.2) is 11.5 Å². The van der Waals surface area contributed by atoms with Crippen molar-refractivity contribution in [3.05, 3.63) is 42.1 Å². The van der Waals surface area contributed by atoms with Gasteiger partial charge in [-0.15, -0.1) is 0 Å². The van der Waals surface area contributed by atoms with Crippen LogP contribution in [0.5, 0.6) is 0 Å². The van der Waals surface area contributed by atoms with Gasteiger partial charge in [-0.1, -0.05) is 27.4 Å². The predicted molar refractivity (Wildman–Crippen MR) is 76.3 cm³/mol. The molecule has 1 aromatic rings. The maximum Gasteiger partial charge on any atom is 0.269 e. The number of hydrogen-bond acceptors (Lipinski definition) is 2. The van der Waals surface area contributed by atoms with E-state index in [0.29, 0.717) is 18.5 Å². The SMILES string of the molecule is NC(=CC(N)=Nc1ccccc1)C1(C(F)(F)P)CC1. The first kappa shape index (κ1) is 13.9. The van der Waals surface area contributed by atoms with E-state index in [1.165, 1.54) is 6.08 Å². The summed E-state index contributed by atoms with van der Waals surface area (Å²) >= 11 is 0. The number of alkyl halides is 2. The number of benzene rings is 1. The van der Waals surface area contributed by atoms with Gasteiger partial charge in [0.05, 0.1) is 11.1 Å². The van der Waals surface area contributed by atoms with Crippen molar-refractivity contribution in [2.75, 3.05) is 0 Å². The smallest absolute Gasteiger partial charge is 0.269 e. The van der Waals surface area contributed by atoms with Crippen molar-refractivity contribution in [1.82, 2.24) is 0 Å². The molecule has 1 saturated carbocycles. The third kappa shape index (κ3) is 2.92. The van der Waals surface area contributed by atoms with Crippen LogP contribution in [0.1, 0.15) is 12.8 Å². The molecule has 0 aliphatic heterocycles. The fourth-order valence-corrected chi connectivity index (χ4v) is 2.38. The van der Waals surface area contributed by atoms with E-state index in [-0.39, 0.29) is 11.5 Å². The van der Waals surface area contributed by atoms with E-state index in [0.717, 1.165) is 0 Å². The molecule has 1 aromatic carbocycles. The maximum absolute atomic E-state index is 13.5. The summed E-state index contributed by atoms with van der Waals surface area (Å²) in [6.45, 7) is 0. The van der Waals surface area contributed by atoms with Crippen LogP contribution in [0.3, 0.4) is 0 Å². The molecule has 19 heavy (non-hydrogen) atoms. The molecule has 6 heteroatoms. The summed E-state index contributed by atoms with van der Waals surface area (Å²) in [6, 6.07) is 9.03. The van der Waals surface area contributed by atoms with Crippen LogP contribution in [0.4, 0.5) is 14.5 Å². The first-order valence-electron chi connectivity index (χ1n) is 5.89. The van der Waals surface area contributed by atoms with Crippen LogP contribution in [0, 0.1) is 5.41 Å². The molecule has 0 heterocycles. The number of para-hydroxylation sites is 1. The lowest BCUT2D eigenvalue weighted by Crippen LogP contribution is -2.30. The highest BCUT2D eigenvalue weighted by atomic mass is 31.0. The molecule has 0 amide bonds. The fraction of sp³-hybridized carbons (Fsp3) is 0.308. The van der Waals surface area contributed by atoms with Crippen LogP contribution in [0.2, 0.25) is 0 Å². The maximum atomic E-state index is 13.5. The van der Waals surface area contributed by atoms with Gasteiger partial charge in [-0.25, -0.2) is 13.8 Å². The van der Waals surface area contributed by atoms with Gasteiger partial charge in [-0.05, 0) is 31.1 Å². The van der Waals surface area contributed by atoms with Gasteiger partial charge >= 0.3 is 0 Å². The quantitative estimate of drug-likeness (QED) is 0.507. The second kappa shape index (κ2) is 4.89. The summed E-state index contributed by atoms with van der Waals surface area (Å²) in [7, 11) is 1.56. The minimum atomic E-state index is -2.92. The first-order chi connectivity index (χ1) is 8.85. The molecular weight excluding hydrogens is 267 g/mol. The van der Waals surface area contributed by atoms with Gasteiger partial charge in [-0.3, -0.25) is 0 Å². The van der Waals surface area contributed by atoms with E-state index in [1.54, 1.807) is 21.4 Å². The number of allylic oxidation sites excluding steroid dienone is 1. The molecule has 3 nitrogen and oxygen atoms in total. The van der Waals surface area contributed by atoms with Crippen molar-refractivity contribution in [2.24, 2.45) is 21.9 Å². The monoisotopic (exact) mass is 283 g/mol. The Balaban J connectivity index is 2.20. The fourth-order valence-electron chi connectivity index (χ4n) is 1.92. The molecule has 2 rings (SSSR count). The minimum Gasteiger partial charge on any atom is -0.401 e. The molecular formula is C13H16F2N3P. The highest BCUT2D eigenvalue weighted by molar-refractivity contribution is 7.18. The molecule has 1 fully saturated rings. The largest absolute Gasteiger partial charge is 0.401 e. The van der Waals surface area contributed by atoms with Crippen molar-refractivity contribution in [3.8, 4) is 0 Å². The van der Waals surface area contributed by atoms with Crippen molar-refractivity contribution in [1.29, 1.82) is 0 Å². The molecule has 1 unspecified atom stereocenters. The molecule has 1 aliphatic rings. The molecule has 102 valence electrons. The highest BCUT2D eigenvalue weighted by Gasteiger charge is 2.61. The van der Waals surface area contributed by atoms with E-state index >= 15 is 0 Å². The summed E-state index contributed by atoms with van der Waals surface area (Å²) in [5, 5.41) is 0. The van der Waals surface area contributed by atoms with Gasteiger partial charge in [0.15, 0.2) is 0 Å². The Bertz CT molecular complexity index is 516. The second-order valence-corrected chi connectivity index (χ2v) is 5.40. The minimum absolute atomic E-state index is 0.0877. The van der Waals surface area contributed by atoms with Crippen molar-refractivity contribution < 1.29 is 8.78 Å². The lowest BCUT2D eigenvalue weighted by molar-refractivity contribution is 0.0387. The normalized spacial score (nSPS) is 19.3. The number of hydrogen-bond donors (Lipinski definition) is 2. The lowest BCUT2D eigenvalue weighted by Gasteiger charge is -2.23. The van der Waals surface area contributed by atoms with Gasteiger partial charge in [0, 0.05) is 5.70 Å². The predicted octanol–water partition coefficient (Wildman–Crippen LogP) is 2.77. The first-order valence-corrected chi connectivity index (χ1v) is 6.46. The van der Waals surface area contributed by atoms with Gasteiger partial charge in [0.2, 0.25) is 0 Å². The Hall–Kier alpha value is -1.48. The summed E-state index contributed by atoms with van der Waals surface area (Å²) in [5.74, 6) is 0.129. The average Bonchev–Trinajstić information content (AvgIpc) is 3.10. The number of rotatable bonds is 4. The van der Waals surface area contributed by atoms with Crippen LogP contribution < -0.4 is 11.5 Å². The van der Waals surface area contributed by atoms with E-state index in [2.05, 4.69) is 4.99 Å². The average molecular weight is 283 g/mol. The standard InChI is InChI=1S/C13H16F2N3P/c14-13(15,19)12(6-7-12)10(16)8-11(17)18-9-4-2-1-3-5-9/h1-5,8H,6-7,16,19H2,(H2,17,18). The molecule has 1 atom stereocenters. The van der Waals surface area contributed by atoms with Crippen molar-refractivity contribution >= 4 is 20.8 Å². The Morgan fingerprint density at radius 1 is 1.26 bits per heavy atom. The zero-order valence-corrected chi connectivity index (χ0v) is 11.5. The number of nitrogens with zero attached hydrogens (tertiary/aromatic N) is 1. The molecule has 0 radical (unpaired) electrons.